The minimum absolute atomic E-state index is 0.0182. The van der Waals surface area contributed by atoms with Crippen molar-refractivity contribution in [1.82, 2.24) is 9.80 Å². The molecule has 7 nitrogen and oxygen atoms in total. The Morgan fingerprint density at radius 1 is 1.50 bits per heavy atom. The van der Waals surface area contributed by atoms with Crippen LogP contribution in [0.1, 0.15) is 10.4 Å². The van der Waals surface area contributed by atoms with E-state index in [1.165, 1.54) is 30.2 Å². The lowest BCUT2D eigenvalue weighted by Crippen LogP contribution is -2.49. The van der Waals surface area contributed by atoms with E-state index < -0.39 is 17.7 Å². The van der Waals surface area contributed by atoms with Crippen LogP contribution in [0.5, 0.6) is 5.75 Å². The number of ether oxygens (including phenoxy) is 2. The maximum absolute atomic E-state index is 14.1. The number of halogens is 1. The molecular weight excluding hydrogens is 319 g/mol. The fraction of sp³-hybridized carbons (Fsp3) is 0.500. The molecule has 1 N–H and O–H groups in total. The van der Waals surface area contributed by atoms with E-state index >= 15 is 0 Å². The number of carboxylic acids is 1. The Labute approximate surface area is 139 Å². The molecule has 0 aliphatic carbocycles. The van der Waals surface area contributed by atoms with E-state index in [1.54, 1.807) is 11.9 Å². The van der Waals surface area contributed by atoms with Crippen molar-refractivity contribution in [1.29, 1.82) is 0 Å². The zero-order chi connectivity index (χ0) is 17.7. The van der Waals surface area contributed by atoms with Crippen LogP contribution in [0.25, 0.3) is 0 Å². The van der Waals surface area contributed by atoms with Gasteiger partial charge in [-0.25, -0.2) is 4.39 Å². The number of methoxy groups -OCH3 is 1. The summed E-state index contributed by atoms with van der Waals surface area (Å²) in [4.78, 5) is 26.3. The summed E-state index contributed by atoms with van der Waals surface area (Å²) in [6.45, 7) is 1.24. The SMILES string of the molecule is COc1ccc(C(=O)N2CCOC(CN(C)CC(=O)O)C2)c(F)c1. The molecule has 1 amide bonds. The minimum Gasteiger partial charge on any atom is -0.497 e. The van der Waals surface area contributed by atoms with Crippen molar-refractivity contribution in [3.63, 3.8) is 0 Å². The van der Waals surface area contributed by atoms with Gasteiger partial charge in [0.2, 0.25) is 0 Å². The van der Waals surface area contributed by atoms with Gasteiger partial charge >= 0.3 is 5.97 Å². The van der Waals surface area contributed by atoms with Crippen molar-refractivity contribution in [2.75, 3.05) is 46.9 Å². The first kappa shape index (κ1) is 18.2. The number of morpholine rings is 1. The lowest BCUT2D eigenvalue weighted by atomic mass is 10.1. The highest BCUT2D eigenvalue weighted by Crippen LogP contribution is 2.19. The number of carbonyl (C=O) groups excluding carboxylic acids is 1. The van der Waals surface area contributed by atoms with Gasteiger partial charge in [-0.05, 0) is 19.2 Å². The number of amides is 1. The van der Waals surface area contributed by atoms with Crippen LogP contribution in [0, 0.1) is 5.82 Å². The minimum atomic E-state index is -0.929. The Morgan fingerprint density at radius 3 is 2.88 bits per heavy atom. The van der Waals surface area contributed by atoms with Gasteiger partial charge in [0.15, 0.2) is 0 Å². The van der Waals surface area contributed by atoms with Crippen LogP contribution in [-0.4, -0.2) is 79.8 Å². The highest BCUT2D eigenvalue weighted by Gasteiger charge is 2.27. The van der Waals surface area contributed by atoms with Crippen LogP contribution in [0.4, 0.5) is 4.39 Å². The van der Waals surface area contributed by atoms with Gasteiger partial charge in [0.1, 0.15) is 11.6 Å². The molecule has 0 radical (unpaired) electrons. The largest absolute Gasteiger partial charge is 0.497 e. The van der Waals surface area contributed by atoms with E-state index in [2.05, 4.69) is 0 Å². The predicted octanol–water partition coefficient (Wildman–Crippen LogP) is 0.692. The first-order valence-corrected chi connectivity index (χ1v) is 7.55. The van der Waals surface area contributed by atoms with E-state index in [-0.39, 0.29) is 24.8 Å². The summed E-state index contributed by atoms with van der Waals surface area (Å²) in [5.74, 6) is -1.63. The van der Waals surface area contributed by atoms with E-state index in [0.717, 1.165) is 0 Å². The molecule has 8 heteroatoms. The second kappa shape index (κ2) is 8.07. The normalized spacial score (nSPS) is 17.8. The van der Waals surface area contributed by atoms with Gasteiger partial charge in [0, 0.05) is 25.7 Å². The van der Waals surface area contributed by atoms with E-state index in [0.29, 0.717) is 25.4 Å². The van der Waals surface area contributed by atoms with Gasteiger partial charge in [-0.1, -0.05) is 0 Å². The molecule has 1 aliphatic rings. The average Bonchev–Trinajstić information content (AvgIpc) is 2.53. The van der Waals surface area contributed by atoms with Gasteiger partial charge in [0.25, 0.3) is 5.91 Å². The lowest BCUT2D eigenvalue weighted by Gasteiger charge is -2.34. The third-order valence-corrected chi connectivity index (χ3v) is 3.75. The molecule has 0 bridgehead atoms. The molecule has 0 spiro atoms. The average molecular weight is 340 g/mol. The van der Waals surface area contributed by atoms with Gasteiger partial charge < -0.3 is 19.5 Å². The van der Waals surface area contributed by atoms with Crippen LogP contribution in [0.3, 0.4) is 0 Å². The summed E-state index contributed by atoms with van der Waals surface area (Å²) in [6, 6.07) is 4.11. The highest BCUT2D eigenvalue weighted by molar-refractivity contribution is 5.94. The molecule has 1 unspecified atom stereocenters. The maximum atomic E-state index is 14.1. The highest BCUT2D eigenvalue weighted by atomic mass is 19.1. The molecule has 1 heterocycles. The molecule has 1 atom stereocenters. The summed E-state index contributed by atoms with van der Waals surface area (Å²) in [6.07, 6.45) is -0.312. The van der Waals surface area contributed by atoms with Crippen molar-refractivity contribution in [3.8, 4) is 5.75 Å². The van der Waals surface area contributed by atoms with Crippen LogP contribution in [0.15, 0.2) is 18.2 Å². The molecule has 1 fully saturated rings. The van der Waals surface area contributed by atoms with Gasteiger partial charge in [-0.3, -0.25) is 14.5 Å². The predicted molar refractivity (Wildman–Crippen MR) is 83.7 cm³/mol. The zero-order valence-corrected chi connectivity index (χ0v) is 13.7. The molecule has 1 aliphatic heterocycles. The summed E-state index contributed by atoms with van der Waals surface area (Å²) in [5, 5.41) is 8.78. The number of benzene rings is 1. The number of nitrogens with zero attached hydrogens (tertiary/aromatic N) is 2. The standard InChI is InChI=1S/C16H21FN2O5/c1-18(10-15(20)21)8-12-9-19(5-6-24-12)16(22)13-4-3-11(23-2)7-14(13)17/h3-4,7,12H,5-6,8-10H2,1-2H3,(H,20,21). The Kier molecular flexibility index (Phi) is 6.10. The first-order valence-electron chi connectivity index (χ1n) is 7.55. The van der Waals surface area contributed by atoms with Gasteiger partial charge in [0.05, 0.1) is 31.9 Å². The third kappa shape index (κ3) is 4.65. The van der Waals surface area contributed by atoms with Crippen molar-refractivity contribution in [2.24, 2.45) is 0 Å². The molecule has 2 rings (SSSR count). The second-order valence-corrected chi connectivity index (χ2v) is 5.68. The summed E-state index contributed by atoms with van der Waals surface area (Å²) >= 11 is 0. The van der Waals surface area contributed by atoms with Crippen LogP contribution >= 0.6 is 0 Å². The molecule has 1 saturated heterocycles. The number of aliphatic carboxylic acids is 1. The molecule has 1 aromatic rings. The number of carboxylic acid groups (broad SMARTS) is 1. The van der Waals surface area contributed by atoms with E-state index in [4.69, 9.17) is 14.6 Å². The van der Waals surface area contributed by atoms with Crippen molar-refractivity contribution < 1.29 is 28.6 Å². The Bertz CT molecular complexity index is 610. The second-order valence-electron chi connectivity index (χ2n) is 5.68. The van der Waals surface area contributed by atoms with Crippen LogP contribution < -0.4 is 4.74 Å². The molecule has 0 saturated carbocycles. The monoisotopic (exact) mass is 340 g/mol. The number of likely N-dealkylation sites (N-methyl/N-ethyl adjacent to an activating group) is 1. The number of carbonyl (C=O) groups is 2. The molecular formula is C16H21FN2O5. The fourth-order valence-electron chi connectivity index (χ4n) is 2.62. The summed E-state index contributed by atoms with van der Waals surface area (Å²) in [7, 11) is 3.10. The molecule has 132 valence electrons. The van der Waals surface area contributed by atoms with Gasteiger partial charge in [-0.15, -0.1) is 0 Å². The molecule has 24 heavy (non-hydrogen) atoms. The summed E-state index contributed by atoms with van der Waals surface area (Å²) in [5.41, 5.74) is -0.0182. The van der Waals surface area contributed by atoms with Crippen LogP contribution in [-0.2, 0) is 9.53 Å². The van der Waals surface area contributed by atoms with E-state index in [1.807, 2.05) is 0 Å². The third-order valence-electron chi connectivity index (χ3n) is 3.75. The fourth-order valence-corrected chi connectivity index (χ4v) is 2.62. The Morgan fingerprint density at radius 2 is 2.25 bits per heavy atom. The first-order chi connectivity index (χ1) is 11.4. The van der Waals surface area contributed by atoms with Crippen LogP contribution in [0.2, 0.25) is 0 Å². The molecule has 0 aromatic heterocycles. The number of hydrogen-bond donors (Lipinski definition) is 1. The Balaban J connectivity index is 2.01. The maximum Gasteiger partial charge on any atom is 0.317 e. The van der Waals surface area contributed by atoms with Crippen molar-refractivity contribution in [3.05, 3.63) is 29.6 Å². The number of rotatable bonds is 6. The van der Waals surface area contributed by atoms with E-state index in [9.17, 15) is 14.0 Å². The molecule has 1 aromatic carbocycles. The lowest BCUT2D eigenvalue weighted by molar-refractivity contribution is -0.138. The smallest absolute Gasteiger partial charge is 0.317 e. The number of hydrogen-bond acceptors (Lipinski definition) is 5. The Hall–Kier alpha value is -2.19. The zero-order valence-electron chi connectivity index (χ0n) is 13.7. The van der Waals surface area contributed by atoms with Crippen molar-refractivity contribution >= 4 is 11.9 Å². The van der Waals surface area contributed by atoms with Crippen molar-refractivity contribution in [2.45, 2.75) is 6.10 Å². The summed E-state index contributed by atoms with van der Waals surface area (Å²) < 4.78 is 24.6. The van der Waals surface area contributed by atoms with Gasteiger partial charge in [-0.2, -0.15) is 0 Å². The quantitative estimate of drug-likeness (QED) is 0.821. The topological polar surface area (TPSA) is 79.3 Å².